The number of hydrogen-bond donors (Lipinski definition) is 2. The molecule has 118 valence electrons. The summed E-state index contributed by atoms with van der Waals surface area (Å²) in [7, 11) is 0. The molecule has 0 unspecified atom stereocenters. The second kappa shape index (κ2) is 6.31. The van der Waals surface area contributed by atoms with E-state index in [1.807, 2.05) is 36.5 Å². The van der Waals surface area contributed by atoms with Gasteiger partial charge in [-0.05, 0) is 29.7 Å². The Balaban J connectivity index is 2.11. The van der Waals surface area contributed by atoms with Crippen LogP contribution in [0.5, 0.6) is 0 Å². The molecule has 3 rings (SSSR count). The first kappa shape index (κ1) is 15.4. The lowest BCUT2D eigenvalue weighted by Gasteiger charge is -2.04. The van der Waals surface area contributed by atoms with Crippen LogP contribution in [0.15, 0.2) is 60.9 Å². The van der Waals surface area contributed by atoms with E-state index in [1.165, 1.54) is 12.1 Å². The molecule has 0 atom stereocenters. The van der Waals surface area contributed by atoms with E-state index in [0.29, 0.717) is 11.3 Å². The standard InChI is InChI=1S/C19H13FN2O2/c20-18-10-15(6-7-16(18)19(23)24)22-11-14(8-9-21)17(12-22)13-4-2-1-3-5-13/h1-7,10-12H,21H2,(H,23,24). The largest absolute Gasteiger partial charge is 0.478 e. The van der Waals surface area contributed by atoms with Crippen molar-refractivity contribution < 1.29 is 14.3 Å². The first-order valence-corrected chi connectivity index (χ1v) is 7.12. The molecule has 3 N–H and O–H groups in total. The lowest BCUT2D eigenvalue weighted by atomic mass is 10.1. The van der Waals surface area contributed by atoms with Crippen LogP contribution in [0.4, 0.5) is 4.39 Å². The number of nitrogens with zero attached hydrogens (tertiary/aromatic N) is 1. The Labute approximate surface area is 138 Å². The fourth-order valence-electron chi connectivity index (χ4n) is 2.47. The summed E-state index contributed by atoms with van der Waals surface area (Å²) < 4.78 is 15.6. The highest BCUT2D eigenvalue weighted by Gasteiger charge is 2.13. The number of nitrogens with two attached hydrogens (primary N) is 1. The monoisotopic (exact) mass is 320 g/mol. The van der Waals surface area contributed by atoms with Crippen LogP contribution in [-0.4, -0.2) is 15.6 Å². The fraction of sp³-hybridized carbons (Fsp3) is 0. The van der Waals surface area contributed by atoms with Crippen LogP contribution in [0.25, 0.3) is 16.8 Å². The van der Waals surface area contributed by atoms with Gasteiger partial charge in [0.15, 0.2) is 0 Å². The Morgan fingerprint density at radius 1 is 1.12 bits per heavy atom. The van der Waals surface area contributed by atoms with Crippen molar-refractivity contribution in [3.05, 3.63) is 77.9 Å². The predicted molar refractivity (Wildman–Crippen MR) is 89.2 cm³/mol. The molecule has 0 radical (unpaired) electrons. The molecule has 2 aromatic carbocycles. The van der Waals surface area contributed by atoms with E-state index in [1.54, 1.807) is 16.8 Å². The molecular weight excluding hydrogens is 307 g/mol. The molecule has 1 heterocycles. The van der Waals surface area contributed by atoms with Gasteiger partial charge in [-0.15, -0.1) is 0 Å². The zero-order valence-corrected chi connectivity index (χ0v) is 12.5. The van der Waals surface area contributed by atoms with E-state index in [2.05, 4.69) is 12.0 Å². The molecule has 24 heavy (non-hydrogen) atoms. The minimum Gasteiger partial charge on any atom is -0.478 e. The minimum absolute atomic E-state index is 0.365. The predicted octanol–water partition coefficient (Wildman–Crippen LogP) is 3.25. The van der Waals surface area contributed by atoms with Crippen molar-refractivity contribution in [1.82, 2.24) is 4.57 Å². The van der Waals surface area contributed by atoms with Gasteiger partial charge in [-0.3, -0.25) is 0 Å². The van der Waals surface area contributed by atoms with Gasteiger partial charge < -0.3 is 15.4 Å². The maximum Gasteiger partial charge on any atom is 0.338 e. The number of benzene rings is 2. The Morgan fingerprint density at radius 3 is 2.50 bits per heavy atom. The van der Waals surface area contributed by atoms with Gasteiger partial charge in [-0.2, -0.15) is 0 Å². The van der Waals surface area contributed by atoms with E-state index in [0.717, 1.165) is 11.1 Å². The summed E-state index contributed by atoms with van der Waals surface area (Å²) in [6.45, 7) is 0. The van der Waals surface area contributed by atoms with Gasteiger partial charge in [0.2, 0.25) is 0 Å². The van der Waals surface area contributed by atoms with Gasteiger partial charge >= 0.3 is 5.97 Å². The Kier molecular flexibility index (Phi) is 4.04. The average molecular weight is 320 g/mol. The lowest BCUT2D eigenvalue weighted by Crippen LogP contribution is -2.01. The molecule has 0 aliphatic rings. The molecule has 0 bridgehead atoms. The third-order valence-electron chi connectivity index (χ3n) is 3.60. The van der Waals surface area contributed by atoms with Gasteiger partial charge in [-0.25, -0.2) is 9.18 Å². The Bertz CT molecular complexity index is 966. The average Bonchev–Trinajstić information content (AvgIpc) is 2.99. The summed E-state index contributed by atoms with van der Waals surface area (Å²) >= 11 is 0. The number of halogens is 1. The molecule has 0 aliphatic carbocycles. The summed E-state index contributed by atoms with van der Waals surface area (Å²) in [4.78, 5) is 10.9. The number of rotatable bonds is 3. The SMILES string of the molecule is NC#Cc1cn(-c2ccc(C(=O)O)c(F)c2)cc1-c1ccccc1. The van der Waals surface area contributed by atoms with Crippen molar-refractivity contribution in [2.24, 2.45) is 5.73 Å². The van der Waals surface area contributed by atoms with Crippen LogP contribution in [0, 0.1) is 17.8 Å². The summed E-state index contributed by atoms with van der Waals surface area (Å²) in [6.07, 6.45) is 3.54. The third kappa shape index (κ3) is 2.85. The van der Waals surface area contributed by atoms with Gasteiger partial charge in [-0.1, -0.05) is 30.3 Å². The zero-order chi connectivity index (χ0) is 17.1. The highest BCUT2D eigenvalue weighted by Crippen LogP contribution is 2.26. The van der Waals surface area contributed by atoms with E-state index in [-0.39, 0.29) is 5.56 Å². The molecule has 0 spiro atoms. The molecule has 4 nitrogen and oxygen atoms in total. The van der Waals surface area contributed by atoms with Gasteiger partial charge in [0, 0.05) is 29.7 Å². The first-order valence-electron chi connectivity index (χ1n) is 7.12. The van der Waals surface area contributed by atoms with Crippen molar-refractivity contribution >= 4 is 5.97 Å². The summed E-state index contributed by atoms with van der Waals surface area (Å²) in [6, 6.07) is 16.0. The maximum atomic E-state index is 13.9. The second-order valence-corrected chi connectivity index (χ2v) is 5.10. The van der Waals surface area contributed by atoms with Gasteiger partial charge in [0.05, 0.1) is 11.1 Å². The second-order valence-electron chi connectivity index (χ2n) is 5.10. The Hall–Kier alpha value is -3.52. The summed E-state index contributed by atoms with van der Waals surface area (Å²) in [5.41, 5.74) is 7.99. The molecule has 0 saturated carbocycles. The lowest BCUT2D eigenvalue weighted by molar-refractivity contribution is 0.0692. The van der Waals surface area contributed by atoms with E-state index in [9.17, 15) is 9.18 Å². The van der Waals surface area contributed by atoms with Crippen molar-refractivity contribution in [3.63, 3.8) is 0 Å². The number of carbonyl (C=O) groups is 1. The molecular formula is C19H13FN2O2. The molecule has 5 heteroatoms. The number of carboxylic acids is 1. The van der Waals surface area contributed by atoms with Crippen molar-refractivity contribution in [2.75, 3.05) is 0 Å². The molecule has 0 fully saturated rings. The van der Waals surface area contributed by atoms with Crippen molar-refractivity contribution in [1.29, 1.82) is 0 Å². The van der Waals surface area contributed by atoms with Crippen molar-refractivity contribution in [3.8, 4) is 28.8 Å². The number of hydrogen-bond acceptors (Lipinski definition) is 2. The number of aromatic carboxylic acids is 1. The topological polar surface area (TPSA) is 68.2 Å². The summed E-state index contributed by atoms with van der Waals surface area (Å²) in [5, 5.41) is 8.92. The zero-order valence-electron chi connectivity index (χ0n) is 12.5. The summed E-state index contributed by atoms with van der Waals surface area (Å²) in [5.74, 6) is 0.738. The normalized spacial score (nSPS) is 10.0. The number of carboxylic acid groups (broad SMARTS) is 1. The van der Waals surface area contributed by atoms with Gasteiger partial charge in [0.1, 0.15) is 5.82 Å². The van der Waals surface area contributed by atoms with Crippen LogP contribution in [0.3, 0.4) is 0 Å². The molecule has 0 saturated heterocycles. The maximum absolute atomic E-state index is 13.9. The first-order chi connectivity index (χ1) is 11.6. The molecule has 3 aromatic rings. The van der Waals surface area contributed by atoms with Crippen LogP contribution >= 0.6 is 0 Å². The molecule has 0 aliphatic heterocycles. The van der Waals surface area contributed by atoms with Crippen LogP contribution in [0.2, 0.25) is 0 Å². The highest BCUT2D eigenvalue weighted by molar-refractivity contribution is 5.88. The molecule has 1 aromatic heterocycles. The number of aromatic nitrogens is 1. The third-order valence-corrected chi connectivity index (χ3v) is 3.60. The highest BCUT2D eigenvalue weighted by atomic mass is 19.1. The minimum atomic E-state index is -1.30. The van der Waals surface area contributed by atoms with Crippen LogP contribution in [-0.2, 0) is 0 Å². The van der Waals surface area contributed by atoms with E-state index < -0.39 is 11.8 Å². The molecule has 0 amide bonds. The van der Waals surface area contributed by atoms with Gasteiger partial charge in [0.25, 0.3) is 0 Å². The van der Waals surface area contributed by atoms with E-state index >= 15 is 0 Å². The quantitative estimate of drug-likeness (QED) is 0.575. The van der Waals surface area contributed by atoms with E-state index in [4.69, 9.17) is 10.8 Å². The van der Waals surface area contributed by atoms with Crippen molar-refractivity contribution in [2.45, 2.75) is 0 Å². The van der Waals surface area contributed by atoms with Crippen LogP contribution in [0.1, 0.15) is 15.9 Å². The Morgan fingerprint density at radius 2 is 1.88 bits per heavy atom. The van der Waals surface area contributed by atoms with Crippen LogP contribution < -0.4 is 5.73 Å². The smallest absolute Gasteiger partial charge is 0.338 e. The fourth-order valence-corrected chi connectivity index (χ4v) is 2.47.